The van der Waals surface area contributed by atoms with Gasteiger partial charge < -0.3 is 15.2 Å². The van der Waals surface area contributed by atoms with Gasteiger partial charge in [0.1, 0.15) is 11.9 Å². The highest BCUT2D eigenvalue weighted by Gasteiger charge is 2.27. The fraction of sp³-hybridized carbons (Fsp3) is 0.708. The van der Waals surface area contributed by atoms with E-state index in [1.165, 1.54) is 12.8 Å². The number of unbranched alkanes of at least 4 members (excludes halogenated alkanes) is 1. The summed E-state index contributed by atoms with van der Waals surface area (Å²) >= 11 is 0. The third-order valence-corrected chi connectivity index (χ3v) is 6.87. The SMILES string of the molecule is CCCCNC(=O)CN1CCN(CC(=O)Nc2c(C#N)c(C)c(C)n2C2CCCC2)CC1. The molecule has 2 amide bonds. The van der Waals surface area contributed by atoms with Crippen LogP contribution >= 0.6 is 0 Å². The van der Waals surface area contributed by atoms with Crippen LogP contribution in [-0.2, 0) is 9.59 Å². The Morgan fingerprint density at radius 2 is 1.62 bits per heavy atom. The minimum absolute atomic E-state index is 0.0760. The summed E-state index contributed by atoms with van der Waals surface area (Å²) in [6.07, 6.45) is 6.65. The molecule has 0 unspecified atom stereocenters. The van der Waals surface area contributed by atoms with E-state index >= 15 is 0 Å². The van der Waals surface area contributed by atoms with Crippen LogP contribution in [0.4, 0.5) is 5.82 Å². The van der Waals surface area contributed by atoms with Crippen molar-refractivity contribution in [2.75, 3.05) is 51.1 Å². The lowest BCUT2D eigenvalue weighted by molar-refractivity contribution is -0.123. The zero-order valence-electron chi connectivity index (χ0n) is 19.9. The highest BCUT2D eigenvalue weighted by molar-refractivity contribution is 5.93. The summed E-state index contributed by atoms with van der Waals surface area (Å²) in [5.41, 5.74) is 2.62. The molecule has 1 aromatic rings. The number of carbonyl (C=O) groups excluding carboxylic acids is 2. The molecule has 0 spiro atoms. The highest BCUT2D eigenvalue weighted by Crippen LogP contribution is 2.37. The van der Waals surface area contributed by atoms with Gasteiger partial charge in [0.2, 0.25) is 11.8 Å². The van der Waals surface area contributed by atoms with Gasteiger partial charge in [0.25, 0.3) is 0 Å². The number of nitrogens with zero attached hydrogens (tertiary/aromatic N) is 4. The molecule has 2 N–H and O–H groups in total. The molecule has 0 aromatic carbocycles. The van der Waals surface area contributed by atoms with Gasteiger partial charge in [-0.3, -0.25) is 19.4 Å². The number of rotatable bonds is 9. The van der Waals surface area contributed by atoms with Crippen molar-refractivity contribution in [3.8, 4) is 6.07 Å². The molecule has 1 aromatic heterocycles. The molecule has 2 heterocycles. The van der Waals surface area contributed by atoms with Crippen LogP contribution in [0.5, 0.6) is 0 Å². The summed E-state index contributed by atoms with van der Waals surface area (Å²) in [6, 6.07) is 2.67. The second-order valence-electron chi connectivity index (χ2n) is 9.16. The Morgan fingerprint density at radius 3 is 2.19 bits per heavy atom. The minimum atomic E-state index is -0.0796. The van der Waals surface area contributed by atoms with Crippen LogP contribution in [0.2, 0.25) is 0 Å². The lowest BCUT2D eigenvalue weighted by atomic mass is 10.2. The number of anilines is 1. The number of carbonyl (C=O) groups is 2. The number of hydrogen-bond acceptors (Lipinski definition) is 5. The summed E-state index contributed by atoms with van der Waals surface area (Å²) in [5.74, 6) is 0.665. The molecule has 176 valence electrons. The molecule has 8 nitrogen and oxygen atoms in total. The van der Waals surface area contributed by atoms with Crippen LogP contribution in [0.1, 0.15) is 68.3 Å². The van der Waals surface area contributed by atoms with E-state index < -0.39 is 0 Å². The van der Waals surface area contributed by atoms with Gasteiger partial charge in [-0.05, 0) is 38.7 Å². The van der Waals surface area contributed by atoms with E-state index in [0.29, 0.717) is 30.5 Å². The fourth-order valence-corrected chi connectivity index (χ4v) is 4.85. The smallest absolute Gasteiger partial charge is 0.239 e. The van der Waals surface area contributed by atoms with Crippen LogP contribution in [0.25, 0.3) is 0 Å². The quantitative estimate of drug-likeness (QED) is 0.574. The van der Waals surface area contributed by atoms with E-state index in [9.17, 15) is 14.9 Å². The zero-order chi connectivity index (χ0) is 23.1. The molecular formula is C24H38N6O2. The Kier molecular flexibility index (Phi) is 8.71. The number of nitriles is 1. The van der Waals surface area contributed by atoms with Gasteiger partial charge in [0.05, 0.1) is 18.7 Å². The van der Waals surface area contributed by atoms with Gasteiger partial charge in [0, 0.05) is 44.5 Å². The Hall–Kier alpha value is -2.37. The Labute approximate surface area is 191 Å². The number of amides is 2. The van der Waals surface area contributed by atoms with Crippen molar-refractivity contribution in [3.63, 3.8) is 0 Å². The molecule has 1 aliphatic heterocycles. The molecule has 8 heteroatoms. The molecule has 0 atom stereocenters. The predicted octanol–water partition coefficient (Wildman–Crippen LogP) is 2.56. The summed E-state index contributed by atoms with van der Waals surface area (Å²) < 4.78 is 2.19. The summed E-state index contributed by atoms with van der Waals surface area (Å²) in [5, 5.41) is 15.8. The maximum absolute atomic E-state index is 12.9. The van der Waals surface area contributed by atoms with Crippen molar-refractivity contribution in [2.24, 2.45) is 0 Å². The van der Waals surface area contributed by atoms with Crippen LogP contribution in [-0.4, -0.2) is 72.0 Å². The van der Waals surface area contributed by atoms with Crippen molar-refractivity contribution < 1.29 is 9.59 Å². The van der Waals surface area contributed by atoms with Gasteiger partial charge in [0.15, 0.2) is 0 Å². The lowest BCUT2D eigenvalue weighted by Gasteiger charge is -2.33. The summed E-state index contributed by atoms with van der Waals surface area (Å²) in [7, 11) is 0. The molecule has 0 bridgehead atoms. The second-order valence-corrected chi connectivity index (χ2v) is 9.16. The first-order chi connectivity index (χ1) is 15.4. The van der Waals surface area contributed by atoms with E-state index in [2.05, 4.69) is 38.0 Å². The third-order valence-electron chi connectivity index (χ3n) is 6.87. The average molecular weight is 443 g/mol. The van der Waals surface area contributed by atoms with Crippen molar-refractivity contribution >= 4 is 17.6 Å². The first kappa shape index (κ1) is 24.3. The Morgan fingerprint density at radius 1 is 1.03 bits per heavy atom. The van der Waals surface area contributed by atoms with Crippen LogP contribution < -0.4 is 10.6 Å². The second kappa shape index (κ2) is 11.5. The van der Waals surface area contributed by atoms with Gasteiger partial charge in [-0.2, -0.15) is 5.26 Å². The number of aromatic nitrogens is 1. The van der Waals surface area contributed by atoms with Crippen molar-refractivity contribution in [1.82, 2.24) is 19.7 Å². The van der Waals surface area contributed by atoms with Crippen LogP contribution in [0.3, 0.4) is 0 Å². The zero-order valence-corrected chi connectivity index (χ0v) is 19.9. The van der Waals surface area contributed by atoms with Crippen molar-refractivity contribution in [2.45, 2.75) is 65.3 Å². The standard InChI is InChI=1S/C24H38N6O2/c1-4-5-10-26-22(31)16-28-11-13-29(14-12-28)17-23(32)27-24-21(15-25)18(2)19(3)30(24)20-8-6-7-9-20/h20H,4-14,16-17H2,1-3H3,(H,26,31)(H,27,32). The largest absolute Gasteiger partial charge is 0.355 e. The topological polar surface area (TPSA) is 93.4 Å². The number of nitrogens with one attached hydrogen (secondary N) is 2. The van der Waals surface area contributed by atoms with E-state index in [1.807, 2.05) is 13.8 Å². The van der Waals surface area contributed by atoms with Crippen LogP contribution in [0.15, 0.2) is 0 Å². The maximum Gasteiger partial charge on any atom is 0.239 e. The molecule has 1 saturated carbocycles. The highest BCUT2D eigenvalue weighted by atomic mass is 16.2. The monoisotopic (exact) mass is 442 g/mol. The first-order valence-electron chi connectivity index (χ1n) is 12.1. The van der Waals surface area contributed by atoms with Gasteiger partial charge in [-0.15, -0.1) is 0 Å². The average Bonchev–Trinajstić information content (AvgIpc) is 3.37. The van der Waals surface area contributed by atoms with Crippen LogP contribution in [0, 0.1) is 25.2 Å². The maximum atomic E-state index is 12.9. The molecule has 2 aliphatic rings. The predicted molar refractivity (Wildman–Crippen MR) is 126 cm³/mol. The van der Waals surface area contributed by atoms with Gasteiger partial charge >= 0.3 is 0 Å². The molecule has 2 fully saturated rings. The lowest BCUT2D eigenvalue weighted by Crippen LogP contribution is -2.51. The van der Waals surface area contributed by atoms with E-state index in [0.717, 1.165) is 69.7 Å². The number of piperazine rings is 1. The molecule has 1 saturated heterocycles. The Balaban J connectivity index is 1.53. The molecule has 0 radical (unpaired) electrons. The third kappa shape index (κ3) is 5.90. The van der Waals surface area contributed by atoms with E-state index in [1.54, 1.807) is 0 Å². The molecule has 1 aliphatic carbocycles. The van der Waals surface area contributed by atoms with Gasteiger partial charge in [-0.25, -0.2) is 0 Å². The van der Waals surface area contributed by atoms with E-state index in [-0.39, 0.29) is 11.8 Å². The van der Waals surface area contributed by atoms with Crippen molar-refractivity contribution in [3.05, 3.63) is 16.8 Å². The Bertz CT molecular complexity index is 842. The number of hydrogen-bond donors (Lipinski definition) is 2. The fourth-order valence-electron chi connectivity index (χ4n) is 4.85. The molecule has 3 rings (SSSR count). The van der Waals surface area contributed by atoms with Crippen molar-refractivity contribution in [1.29, 1.82) is 5.26 Å². The minimum Gasteiger partial charge on any atom is -0.355 e. The summed E-state index contributed by atoms with van der Waals surface area (Å²) in [6.45, 7) is 10.6. The van der Waals surface area contributed by atoms with E-state index in [4.69, 9.17) is 0 Å². The molecular weight excluding hydrogens is 404 g/mol. The normalized spacial score (nSPS) is 17.9. The first-order valence-corrected chi connectivity index (χ1v) is 12.1. The molecule has 32 heavy (non-hydrogen) atoms. The summed E-state index contributed by atoms with van der Waals surface area (Å²) in [4.78, 5) is 29.2. The van der Waals surface area contributed by atoms with Gasteiger partial charge in [-0.1, -0.05) is 26.2 Å².